The average molecular weight is 270 g/mol. The van der Waals surface area contributed by atoms with E-state index in [0.29, 0.717) is 11.1 Å². The second-order valence-corrected chi connectivity index (χ2v) is 4.74. The van der Waals surface area contributed by atoms with Crippen molar-refractivity contribution in [1.29, 1.82) is 0 Å². The molecule has 2 rings (SSSR count). The molecule has 1 atom stereocenters. The number of benzene rings is 2. The first-order valence-corrected chi connectivity index (χ1v) is 6.42. The predicted octanol–water partition coefficient (Wildman–Crippen LogP) is 3.77. The van der Waals surface area contributed by atoms with E-state index in [2.05, 4.69) is 0 Å². The molecule has 0 saturated carbocycles. The van der Waals surface area contributed by atoms with Crippen LogP contribution in [0, 0.1) is 5.82 Å². The van der Waals surface area contributed by atoms with Crippen LogP contribution < -0.4 is 0 Å². The summed E-state index contributed by atoms with van der Waals surface area (Å²) in [5.74, 6) is -1.10. The van der Waals surface area contributed by atoms with Gasteiger partial charge in [0.05, 0.1) is 5.92 Å². The van der Waals surface area contributed by atoms with Crippen molar-refractivity contribution in [2.45, 2.75) is 19.3 Å². The largest absolute Gasteiger partial charge is 0.300 e. The van der Waals surface area contributed by atoms with Crippen LogP contribution in [-0.2, 0) is 4.79 Å². The maximum absolute atomic E-state index is 13.0. The van der Waals surface area contributed by atoms with Crippen molar-refractivity contribution in [3.05, 3.63) is 71.5 Å². The Morgan fingerprint density at radius 2 is 1.60 bits per heavy atom. The Morgan fingerprint density at radius 1 is 1.00 bits per heavy atom. The van der Waals surface area contributed by atoms with E-state index < -0.39 is 5.92 Å². The van der Waals surface area contributed by atoms with Crippen LogP contribution >= 0.6 is 0 Å². The van der Waals surface area contributed by atoms with Gasteiger partial charge in [-0.1, -0.05) is 42.5 Å². The first-order chi connectivity index (χ1) is 9.58. The fourth-order valence-electron chi connectivity index (χ4n) is 2.15. The van der Waals surface area contributed by atoms with Crippen LogP contribution in [0.5, 0.6) is 0 Å². The molecule has 0 radical (unpaired) electrons. The van der Waals surface area contributed by atoms with Crippen LogP contribution in [0.15, 0.2) is 54.6 Å². The minimum atomic E-state index is -0.560. The number of halogens is 1. The van der Waals surface area contributed by atoms with E-state index in [0.717, 1.165) is 0 Å². The lowest BCUT2D eigenvalue weighted by atomic mass is 9.87. The number of hydrogen-bond donors (Lipinski definition) is 0. The predicted molar refractivity (Wildman–Crippen MR) is 75.2 cm³/mol. The van der Waals surface area contributed by atoms with E-state index in [1.54, 1.807) is 36.4 Å². The van der Waals surface area contributed by atoms with Gasteiger partial charge in [0.25, 0.3) is 0 Å². The molecule has 0 aromatic heterocycles. The van der Waals surface area contributed by atoms with Crippen molar-refractivity contribution < 1.29 is 14.0 Å². The molecular formula is C17H15FO2. The molecule has 2 aromatic rings. The normalized spacial score (nSPS) is 11.9. The molecule has 20 heavy (non-hydrogen) atoms. The average Bonchev–Trinajstić information content (AvgIpc) is 2.46. The number of rotatable bonds is 5. The number of hydrogen-bond acceptors (Lipinski definition) is 2. The Morgan fingerprint density at radius 3 is 2.15 bits per heavy atom. The smallest absolute Gasteiger partial charge is 0.170 e. The molecule has 0 spiro atoms. The minimum Gasteiger partial charge on any atom is -0.300 e. The molecule has 1 unspecified atom stereocenters. The van der Waals surface area contributed by atoms with Crippen LogP contribution in [0.4, 0.5) is 4.39 Å². The van der Waals surface area contributed by atoms with Gasteiger partial charge in [-0.3, -0.25) is 9.59 Å². The quantitative estimate of drug-likeness (QED) is 0.775. The molecule has 0 saturated heterocycles. The maximum atomic E-state index is 13.0. The van der Waals surface area contributed by atoms with Crippen LogP contribution in [0.3, 0.4) is 0 Å². The lowest BCUT2D eigenvalue weighted by Crippen LogP contribution is -2.16. The molecule has 2 nitrogen and oxygen atoms in total. The molecule has 0 heterocycles. The molecule has 0 aliphatic rings. The Bertz CT molecular complexity index is 603. The van der Waals surface area contributed by atoms with Crippen molar-refractivity contribution >= 4 is 11.6 Å². The van der Waals surface area contributed by atoms with Crippen LogP contribution in [0.2, 0.25) is 0 Å². The number of carbonyl (C=O) groups is 2. The van der Waals surface area contributed by atoms with E-state index in [-0.39, 0.29) is 23.8 Å². The lowest BCUT2D eigenvalue weighted by Gasteiger charge is -2.15. The van der Waals surface area contributed by atoms with Crippen LogP contribution in [0.1, 0.15) is 35.2 Å². The standard InChI is InChI=1S/C17H15FO2/c1-12(19)11-16(13-7-9-15(18)10-8-13)17(20)14-5-3-2-4-6-14/h2-10,16H,11H2,1H3. The Balaban J connectivity index is 2.35. The first-order valence-electron chi connectivity index (χ1n) is 6.42. The van der Waals surface area contributed by atoms with Gasteiger partial charge >= 0.3 is 0 Å². The third-order valence-corrected chi connectivity index (χ3v) is 3.14. The second-order valence-electron chi connectivity index (χ2n) is 4.74. The van der Waals surface area contributed by atoms with E-state index >= 15 is 0 Å². The highest BCUT2D eigenvalue weighted by Gasteiger charge is 2.23. The van der Waals surface area contributed by atoms with Gasteiger partial charge in [0.1, 0.15) is 11.6 Å². The van der Waals surface area contributed by atoms with Gasteiger partial charge in [0.15, 0.2) is 5.78 Å². The summed E-state index contributed by atoms with van der Waals surface area (Å²) in [5.41, 5.74) is 1.22. The summed E-state index contributed by atoms with van der Waals surface area (Å²) in [6.07, 6.45) is 0.124. The number of Topliss-reactive ketones (excluding diaryl/α,β-unsaturated/α-hetero) is 2. The molecule has 0 amide bonds. The van der Waals surface area contributed by atoms with E-state index in [9.17, 15) is 14.0 Å². The van der Waals surface area contributed by atoms with Crippen molar-refractivity contribution in [2.75, 3.05) is 0 Å². The Hall–Kier alpha value is -2.29. The third kappa shape index (κ3) is 3.38. The molecular weight excluding hydrogens is 255 g/mol. The summed E-state index contributed by atoms with van der Waals surface area (Å²) in [5, 5.41) is 0. The molecule has 0 aliphatic heterocycles. The summed E-state index contributed by atoms with van der Waals surface area (Å²) in [6, 6.07) is 14.6. The summed E-state index contributed by atoms with van der Waals surface area (Å²) in [6.45, 7) is 1.45. The highest BCUT2D eigenvalue weighted by molar-refractivity contribution is 6.03. The third-order valence-electron chi connectivity index (χ3n) is 3.14. The van der Waals surface area contributed by atoms with Gasteiger partial charge in [-0.2, -0.15) is 0 Å². The zero-order valence-corrected chi connectivity index (χ0v) is 11.2. The van der Waals surface area contributed by atoms with Gasteiger partial charge in [0.2, 0.25) is 0 Å². The molecule has 0 fully saturated rings. The molecule has 2 aromatic carbocycles. The number of carbonyl (C=O) groups excluding carboxylic acids is 2. The summed E-state index contributed by atoms with van der Waals surface area (Å²) >= 11 is 0. The minimum absolute atomic E-state index is 0.0661. The monoisotopic (exact) mass is 270 g/mol. The highest BCUT2D eigenvalue weighted by atomic mass is 19.1. The molecule has 102 valence electrons. The van der Waals surface area contributed by atoms with Crippen molar-refractivity contribution in [2.24, 2.45) is 0 Å². The summed E-state index contributed by atoms with van der Waals surface area (Å²) < 4.78 is 13.0. The van der Waals surface area contributed by atoms with Gasteiger partial charge in [-0.05, 0) is 24.6 Å². The lowest BCUT2D eigenvalue weighted by molar-refractivity contribution is -0.117. The molecule has 0 N–H and O–H groups in total. The van der Waals surface area contributed by atoms with Gasteiger partial charge in [0, 0.05) is 12.0 Å². The molecule has 3 heteroatoms. The van der Waals surface area contributed by atoms with E-state index in [1.807, 2.05) is 6.07 Å². The first kappa shape index (κ1) is 14.1. The van der Waals surface area contributed by atoms with Gasteiger partial charge < -0.3 is 0 Å². The Labute approximate surface area is 117 Å². The zero-order valence-electron chi connectivity index (χ0n) is 11.2. The SMILES string of the molecule is CC(=O)CC(C(=O)c1ccccc1)c1ccc(F)cc1. The topological polar surface area (TPSA) is 34.1 Å². The fourth-order valence-corrected chi connectivity index (χ4v) is 2.15. The number of ketones is 2. The zero-order chi connectivity index (χ0) is 14.5. The van der Waals surface area contributed by atoms with Gasteiger partial charge in [-0.15, -0.1) is 0 Å². The second kappa shape index (κ2) is 6.24. The van der Waals surface area contributed by atoms with E-state index in [4.69, 9.17) is 0 Å². The van der Waals surface area contributed by atoms with Crippen molar-refractivity contribution in [3.8, 4) is 0 Å². The maximum Gasteiger partial charge on any atom is 0.170 e. The Kier molecular flexibility index (Phi) is 4.41. The van der Waals surface area contributed by atoms with Gasteiger partial charge in [-0.25, -0.2) is 4.39 Å². The van der Waals surface area contributed by atoms with Crippen molar-refractivity contribution in [3.63, 3.8) is 0 Å². The summed E-state index contributed by atoms with van der Waals surface area (Å²) in [4.78, 5) is 23.9. The summed E-state index contributed by atoms with van der Waals surface area (Å²) in [7, 11) is 0. The van der Waals surface area contributed by atoms with E-state index in [1.165, 1.54) is 19.1 Å². The van der Waals surface area contributed by atoms with Crippen LogP contribution in [-0.4, -0.2) is 11.6 Å². The highest BCUT2D eigenvalue weighted by Crippen LogP contribution is 2.25. The van der Waals surface area contributed by atoms with Crippen molar-refractivity contribution in [1.82, 2.24) is 0 Å². The molecule has 0 bridgehead atoms. The fraction of sp³-hybridized carbons (Fsp3) is 0.176. The van der Waals surface area contributed by atoms with Crippen LogP contribution in [0.25, 0.3) is 0 Å². The molecule has 0 aliphatic carbocycles.